The van der Waals surface area contributed by atoms with Gasteiger partial charge in [0.15, 0.2) is 0 Å². The molecule has 1 aromatic heterocycles. The SMILES string of the molecule is O=C(NCc1ccc(OCc2ccccc2F)cc1)c1nnc(C2CC2)o1. The molecule has 1 aliphatic carbocycles. The molecule has 3 aromatic rings. The number of halogens is 1. The number of rotatable bonds is 7. The van der Waals surface area contributed by atoms with Gasteiger partial charge in [-0.05, 0) is 36.6 Å². The van der Waals surface area contributed by atoms with Crippen LogP contribution in [-0.4, -0.2) is 16.1 Å². The van der Waals surface area contributed by atoms with E-state index in [2.05, 4.69) is 15.5 Å². The average molecular weight is 367 g/mol. The number of ether oxygens (including phenoxy) is 1. The van der Waals surface area contributed by atoms with Gasteiger partial charge in [0.2, 0.25) is 5.89 Å². The van der Waals surface area contributed by atoms with Crippen LogP contribution in [-0.2, 0) is 13.2 Å². The van der Waals surface area contributed by atoms with E-state index in [4.69, 9.17) is 9.15 Å². The molecule has 2 aromatic carbocycles. The van der Waals surface area contributed by atoms with Crippen molar-refractivity contribution in [2.75, 3.05) is 0 Å². The van der Waals surface area contributed by atoms with Gasteiger partial charge in [-0.2, -0.15) is 0 Å². The van der Waals surface area contributed by atoms with E-state index in [-0.39, 0.29) is 18.3 Å². The molecule has 7 heteroatoms. The third-order valence-corrected chi connectivity index (χ3v) is 4.29. The number of amides is 1. The highest BCUT2D eigenvalue weighted by molar-refractivity contribution is 5.89. The Morgan fingerprint density at radius 1 is 1.15 bits per heavy atom. The Morgan fingerprint density at radius 3 is 2.67 bits per heavy atom. The van der Waals surface area contributed by atoms with Crippen LogP contribution in [0.25, 0.3) is 0 Å². The molecule has 138 valence electrons. The van der Waals surface area contributed by atoms with Crippen LogP contribution in [0.2, 0.25) is 0 Å². The quantitative estimate of drug-likeness (QED) is 0.690. The maximum Gasteiger partial charge on any atom is 0.309 e. The van der Waals surface area contributed by atoms with Crippen LogP contribution < -0.4 is 10.1 Å². The summed E-state index contributed by atoms with van der Waals surface area (Å²) in [7, 11) is 0. The van der Waals surface area contributed by atoms with Crippen LogP contribution in [0.15, 0.2) is 52.9 Å². The minimum Gasteiger partial charge on any atom is -0.489 e. The van der Waals surface area contributed by atoms with Crippen molar-refractivity contribution in [1.29, 1.82) is 0 Å². The zero-order valence-corrected chi connectivity index (χ0v) is 14.5. The first-order valence-electron chi connectivity index (χ1n) is 8.76. The largest absolute Gasteiger partial charge is 0.489 e. The summed E-state index contributed by atoms with van der Waals surface area (Å²) in [5, 5.41) is 10.4. The number of hydrogen-bond donors (Lipinski definition) is 1. The second-order valence-corrected chi connectivity index (χ2v) is 6.43. The minimum absolute atomic E-state index is 0.0123. The fourth-order valence-electron chi connectivity index (χ4n) is 2.56. The third-order valence-electron chi connectivity index (χ3n) is 4.29. The summed E-state index contributed by atoms with van der Waals surface area (Å²) in [6.07, 6.45) is 2.07. The molecule has 0 aliphatic heterocycles. The van der Waals surface area contributed by atoms with E-state index >= 15 is 0 Å². The second kappa shape index (κ2) is 7.57. The van der Waals surface area contributed by atoms with E-state index < -0.39 is 5.91 Å². The Kier molecular flexibility index (Phi) is 4.82. The van der Waals surface area contributed by atoms with E-state index in [9.17, 15) is 9.18 Å². The molecule has 0 radical (unpaired) electrons. The summed E-state index contributed by atoms with van der Waals surface area (Å²) >= 11 is 0. The Morgan fingerprint density at radius 2 is 1.93 bits per heavy atom. The van der Waals surface area contributed by atoms with Gasteiger partial charge < -0.3 is 14.5 Å². The molecule has 27 heavy (non-hydrogen) atoms. The predicted molar refractivity (Wildman–Crippen MR) is 94.6 cm³/mol. The lowest BCUT2D eigenvalue weighted by Gasteiger charge is -2.08. The first-order chi connectivity index (χ1) is 13.2. The van der Waals surface area contributed by atoms with Crippen molar-refractivity contribution in [2.45, 2.75) is 31.9 Å². The van der Waals surface area contributed by atoms with Gasteiger partial charge in [-0.15, -0.1) is 10.2 Å². The Balaban J connectivity index is 1.28. The average Bonchev–Trinajstić information content (AvgIpc) is 3.43. The van der Waals surface area contributed by atoms with E-state index in [1.165, 1.54) is 6.07 Å². The zero-order valence-electron chi connectivity index (χ0n) is 14.5. The first-order valence-corrected chi connectivity index (χ1v) is 8.76. The molecule has 0 atom stereocenters. The number of nitrogens with one attached hydrogen (secondary N) is 1. The monoisotopic (exact) mass is 367 g/mol. The van der Waals surface area contributed by atoms with Crippen molar-refractivity contribution in [1.82, 2.24) is 15.5 Å². The molecule has 1 amide bonds. The van der Waals surface area contributed by atoms with Crippen molar-refractivity contribution in [2.24, 2.45) is 0 Å². The van der Waals surface area contributed by atoms with Crippen molar-refractivity contribution < 1.29 is 18.3 Å². The van der Waals surface area contributed by atoms with E-state index in [1.807, 2.05) is 12.1 Å². The van der Waals surface area contributed by atoms with Gasteiger partial charge in [0.05, 0.1) is 0 Å². The molecular weight excluding hydrogens is 349 g/mol. The van der Waals surface area contributed by atoms with Crippen molar-refractivity contribution in [3.8, 4) is 5.75 Å². The summed E-state index contributed by atoms with van der Waals surface area (Å²) in [4.78, 5) is 12.1. The molecule has 0 spiro atoms. The van der Waals surface area contributed by atoms with Crippen LogP contribution in [0.5, 0.6) is 5.75 Å². The fourth-order valence-corrected chi connectivity index (χ4v) is 2.56. The van der Waals surface area contributed by atoms with Crippen LogP contribution in [0.1, 0.15) is 46.5 Å². The van der Waals surface area contributed by atoms with Crippen LogP contribution >= 0.6 is 0 Å². The van der Waals surface area contributed by atoms with Crippen molar-refractivity contribution in [3.05, 3.63) is 77.3 Å². The van der Waals surface area contributed by atoms with Crippen molar-refractivity contribution in [3.63, 3.8) is 0 Å². The number of hydrogen-bond acceptors (Lipinski definition) is 5. The summed E-state index contributed by atoms with van der Waals surface area (Å²) in [6, 6.07) is 13.7. The molecule has 1 heterocycles. The van der Waals surface area contributed by atoms with Gasteiger partial charge in [0, 0.05) is 18.0 Å². The lowest BCUT2D eigenvalue weighted by molar-refractivity contribution is 0.0914. The Bertz CT molecular complexity index is 936. The first kappa shape index (κ1) is 17.2. The molecule has 6 nitrogen and oxygen atoms in total. The van der Waals surface area contributed by atoms with E-state index in [0.717, 1.165) is 18.4 Å². The molecule has 4 rings (SSSR count). The molecule has 0 bridgehead atoms. The summed E-state index contributed by atoms with van der Waals surface area (Å²) in [5.74, 6) is 0.783. The number of carbonyl (C=O) groups is 1. The highest BCUT2D eigenvalue weighted by atomic mass is 19.1. The predicted octanol–water partition coefficient (Wildman–Crippen LogP) is 3.60. The molecule has 1 saturated carbocycles. The van der Waals surface area contributed by atoms with Crippen molar-refractivity contribution >= 4 is 5.91 Å². The lowest BCUT2D eigenvalue weighted by atomic mass is 10.2. The topological polar surface area (TPSA) is 77.2 Å². The smallest absolute Gasteiger partial charge is 0.309 e. The van der Waals surface area contributed by atoms with Crippen LogP contribution in [0.3, 0.4) is 0 Å². The third kappa shape index (κ3) is 4.31. The lowest BCUT2D eigenvalue weighted by Crippen LogP contribution is -2.23. The standard InChI is InChI=1S/C20H18FN3O3/c21-17-4-2-1-3-15(17)12-26-16-9-5-13(6-10-16)11-22-18(25)20-24-23-19(27-20)14-7-8-14/h1-6,9-10,14H,7-8,11-12H2,(H,22,25). The molecule has 0 saturated heterocycles. The van der Waals surface area contributed by atoms with Gasteiger partial charge in [0.1, 0.15) is 18.2 Å². The molecule has 1 fully saturated rings. The number of benzene rings is 2. The van der Waals surface area contributed by atoms with Crippen LogP contribution in [0, 0.1) is 5.82 Å². The van der Waals surface area contributed by atoms with Gasteiger partial charge in [-0.1, -0.05) is 30.3 Å². The van der Waals surface area contributed by atoms with Gasteiger partial charge in [-0.25, -0.2) is 4.39 Å². The summed E-state index contributed by atoms with van der Waals surface area (Å²) < 4.78 is 24.6. The van der Waals surface area contributed by atoms with E-state index in [1.54, 1.807) is 30.3 Å². The summed E-state index contributed by atoms with van der Waals surface area (Å²) in [6.45, 7) is 0.483. The minimum atomic E-state index is -0.394. The normalized spacial score (nSPS) is 13.4. The van der Waals surface area contributed by atoms with Crippen LogP contribution in [0.4, 0.5) is 4.39 Å². The molecular formula is C20H18FN3O3. The highest BCUT2D eigenvalue weighted by Gasteiger charge is 2.30. The summed E-state index contributed by atoms with van der Waals surface area (Å²) in [5.41, 5.74) is 1.39. The van der Waals surface area contributed by atoms with E-state index in [0.29, 0.717) is 29.7 Å². The fraction of sp³-hybridized carbons (Fsp3) is 0.250. The number of nitrogens with zero attached hydrogens (tertiary/aromatic N) is 2. The number of carbonyl (C=O) groups excluding carboxylic acids is 1. The van der Waals surface area contributed by atoms with Gasteiger partial charge >= 0.3 is 11.8 Å². The Hall–Kier alpha value is -3.22. The maximum atomic E-state index is 13.6. The number of aromatic nitrogens is 2. The maximum absolute atomic E-state index is 13.6. The molecule has 1 aliphatic rings. The molecule has 0 unspecified atom stereocenters. The highest BCUT2D eigenvalue weighted by Crippen LogP contribution is 2.38. The zero-order chi connectivity index (χ0) is 18.6. The molecule has 1 N–H and O–H groups in total. The second-order valence-electron chi connectivity index (χ2n) is 6.43. The Labute approximate surface area is 155 Å². The van der Waals surface area contributed by atoms with Gasteiger partial charge in [-0.3, -0.25) is 4.79 Å². The van der Waals surface area contributed by atoms with Gasteiger partial charge in [0.25, 0.3) is 0 Å².